The zero-order chi connectivity index (χ0) is 24.1. The van der Waals surface area contributed by atoms with Gasteiger partial charge >= 0.3 is 0 Å². The summed E-state index contributed by atoms with van der Waals surface area (Å²) in [6, 6.07) is 38.8. The summed E-state index contributed by atoms with van der Waals surface area (Å²) < 4.78 is 1.06. The molecule has 36 heavy (non-hydrogen) atoms. The molecule has 1 aliphatic heterocycles. The monoisotopic (exact) mass is 562 g/mol. The van der Waals surface area contributed by atoms with Crippen molar-refractivity contribution in [3.8, 4) is 21.7 Å². The summed E-state index contributed by atoms with van der Waals surface area (Å²) in [5.41, 5.74) is 7.73. The van der Waals surface area contributed by atoms with Crippen molar-refractivity contribution in [1.82, 2.24) is 4.98 Å². The zero-order valence-corrected chi connectivity index (χ0v) is 22.3. The van der Waals surface area contributed by atoms with Gasteiger partial charge in [-0.05, 0) is 60.0 Å². The van der Waals surface area contributed by atoms with Crippen LogP contribution in [0, 0.1) is 0 Å². The number of nitrogens with zero attached hydrogens (tertiary/aromatic N) is 2. The second-order valence-corrected chi connectivity index (χ2v) is 11.5. The molecule has 5 heteroatoms. The SMILES string of the molecule is Brc1ccc(-c2cc(-c3cccs3)c3cccc(N4c5ccccc5Sc5ccccc54)c3n2)cc1. The Hall–Kier alpha value is -3.38. The molecule has 7 rings (SSSR count). The fraction of sp³-hybridized carbons (Fsp3) is 0. The zero-order valence-electron chi connectivity index (χ0n) is 19.1. The summed E-state index contributed by atoms with van der Waals surface area (Å²) in [6.45, 7) is 0. The molecule has 1 aliphatic rings. The predicted molar refractivity (Wildman–Crippen MR) is 157 cm³/mol. The van der Waals surface area contributed by atoms with Gasteiger partial charge < -0.3 is 4.90 Å². The van der Waals surface area contributed by atoms with Crippen molar-refractivity contribution in [1.29, 1.82) is 0 Å². The largest absolute Gasteiger partial charge is 0.306 e. The smallest absolute Gasteiger partial charge is 0.0956 e. The number of hydrogen-bond donors (Lipinski definition) is 0. The predicted octanol–water partition coefficient (Wildman–Crippen LogP) is 10.3. The summed E-state index contributed by atoms with van der Waals surface area (Å²) in [4.78, 5) is 11.4. The molecular formula is C31H19BrN2S2. The number of thiophene rings is 1. The van der Waals surface area contributed by atoms with Gasteiger partial charge in [0, 0.05) is 35.7 Å². The van der Waals surface area contributed by atoms with Crippen LogP contribution in [-0.2, 0) is 0 Å². The molecule has 0 unspecified atom stereocenters. The number of benzene rings is 4. The molecule has 0 spiro atoms. The molecule has 0 N–H and O–H groups in total. The maximum absolute atomic E-state index is 5.31. The van der Waals surface area contributed by atoms with Crippen molar-refractivity contribution in [2.24, 2.45) is 0 Å². The first kappa shape index (κ1) is 21.9. The number of anilines is 3. The molecule has 4 aromatic carbocycles. The van der Waals surface area contributed by atoms with E-state index in [2.05, 4.69) is 135 Å². The quantitative estimate of drug-likeness (QED) is 0.213. The van der Waals surface area contributed by atoms with Crippen LogP contribution < -0.4 is 4.90 Å². The Morgan fingerprint density at radius 1 is 0.667 bits per heavy atom. The van der Waals surface area contributed by atoms with E-state index in [1.54, 1.807) is 11.3 Å². The first-order valence-corrected chi connectivity index (χ1v) is 14.1. The third kappa shape index (κ3) is 3.66. The maximum Gasteiger partial charge on any atom is 0.0956 e. The molecule has 0 radical (unpaired) electrons. The minimum atomic E-state index is 0.971. The van der Waals surface area contributed by atoms with Gasteiger partial charge in [-0.3, -0.25) is 0 Å². The van der Waals surface area contributed by atoms with E-state index >= 15 is 0 Å². The molecule has 0 aliphatic carbocycles. The van der Waals surface area contributed by atoms with Crippen molar-refractivity contribution in [3.05, 3.63) is 119 Å². The Labute approximate surface area is 226 Å². The van der Waals surface area contributed by atoms with Crippen molar-refractivity contribution in [3.63, 3.8) is 0 Å². The van der Waals surface area contributed by atoms with E-state index in [1.165, 1.54) is 31.6 Å². The lowest BCUT2D eigenvalue weighted by Crippen LogP contribution is -2.15. The highest BCUT2D eigenvalue weighted by Crippen LogP contribution is 2.52. The Bertz CT molecular complexity index is 1680. The Kier molecular flexibility index (Phi) is 5.42. The Morgan fingerprint density at radius 2 is 1.36 bits per heavy atom. The Balaban J connectivity index is 1.55. The van der Waals surface area contributed by atoms with Crippen molar-refractivity contribution in [2.75, 3.05) is 4.90 Å². The molecule has 0 saturated heterocycles. The molecule has 0 atom stereocenters. The molecule has 0 amide bonds. The lowest BCUT2D eigenvalue weighted by atomic mass is 10.0. The van der Waals surface area contributed by atoms with E-state index in [9.17, 15) is 0 Å². The minimum absolute atomic E-state index is 0.971. The molecular weight excluding hydrogens is 544 g/mol. The van der Waals surface area contributed by atoms with Crippen LogP contribution in [0.4, 0.5) is 17.1 Å². The summed E-state index contributed by atoms with van der Waals surface area (Å²) in [6.07, 6.45) is 0. The van der Waals surface area contributed by atoms with Crippen molar-refractivity contribution < 1.29 is 0 Å². The van der Waals surface area contributed by atoms with E-state index in [0.29, 0.717) is 0 Å². The topological polar surface area (TPSA) is 16.1 Å². The van der Waals surface area contributed by atoms with Crippen LogP contribution in [0.3, 0.4) is 0 Å². The van der Waals surface area contributed by atoms with Gasteiger partial charge in [-0.15, -0.1) is 11.3 Å². The lowest BCUT2D eigenvalue weighted by molar-refractivity contribution is 1.17. The van der Waals surface area contributed by atoms with Gasteiger partial charge in [0.1, 0.15) is 0 Å². The number of rotatable bonds is 3. The van der Waals surface area contributed by atoms with E-state index in [-0.39, 0.29) is 0 Å². The fourth-order valence-corrected chi connectivity index (χ4v) is 6.86. The normalized spacial score (nSPS) is 12.4. The van der Waals surface area contributed by atoms with Gasteiger partial charge in [0.05, 0.1) is 28.3 Å². The molecule has 2 aromatic heterocycles. The average Bonchev–Trinajstić information content (AvgIpc) is 3.46. The highest BCUT2D eigenvalue weighted by Gasteiger charge is 2.26. The van der Waals surface area contributed by atoms with E-state index in [1.807, 2.05) is 11.8 Å². The number of halogens is 1. The summed E-state index contributed by atoms with van der Waals surface area (Å²) in [7, 11) is 0. The van der Waals surface area contributed by atoms with Crippen LogP contribution in [0.25, 0.3) is 32.6 Å². The Morgan fingerprint density at radius 3 is 2.06 bits per heavy atom. The van der Waals surface area contributed by atoms with Crippen LogP contribution in [0.15, 0.2) is 129 Å². The van der Waals surface area contributed by atoms with Crippen LogP contribution in [0.5, 0.6) is 0 Å². The highest BCUT2D eigenvalue weighted by atomic mass is 79.9. The molecule has 172 valence electrons. The third-order valence-electron chi connectivity index (χ3n) is 6.42. The molecule has 3 heterocycles. The van der Waals surface area contributed by atoms with Gasteiger partial charge in [0.15, 0.2) is 0 Å². The van der Waals surface area contributed by atoms with E-state index < -0.39 is 0 Å². The standard InChI is InChI=1S/C31H19BrN2S2/c32-21-16-14-20(15-17-21)24-19-23(28-13-6-18-35-28)22-7-5-10-27(31(22)33-24)34-25-8-1-3-11-29(25)36-30-12-4-2-9-26(30)34/h1-19H. The van der Waals surface area contributed by atoms with Crippen LogP contribution in [0.1, 0.15) is 0 Å². The molecule has 0 fully saturated rings. The molecule has 2 nitrogen and oxygen atoms in total. The van der Waals surface area contributed by atoms with Gasteiger partial charge in [0.25, 0.3) is 0 Å². The number of fused-ring (bicyclic) bond motifs is 3. The first-order chi connectivity index (χ1) is 17.8. The van der Waals surface area contributed by atoms with Crippen LogP contribution in [-0.4, -0.2) is 4.98 Å². The molecule has 0 saturated carbocycles. The summed E-state index contributed by atoms with van der Waals surface area (Å²) in [5.74, 6) is 0. The number of pyridine rings is 1. The van der Waals surface area contributed by atoms with Gasteiger partial charge in [-0.1, -0.05) is 82.3 Å². The minimum Gasteiger partial charge on any atom is -0.306 e. The second kappa shape index (κ2) is 8.93. The highest BCUT2D eigenvalue weighted by molar-refractivity contribution is 9.10. The number of para-hydroxylation sites is 3. The lowest BCUT2D eigenvalue weighted by Gasteiger charge is -2.33. The fourth-order valence-electron chi connectivity index (χ4n) is 4.78. The van der Waals surface area contributed by atoms with E-state index in [0.717, 1.165) is 32.3 Å². The number of hydrogen-bond acceptors (Lipinski definition) is 4. The van der Waals surface area contributed by atoms with Gasteiger partial charge in [-0.2, -0.15) is 0 Å². The van der Waals surface area contributed by atoms with Gasteiger partial charge in [-0.25, -0.2) is 4.98 Å². The number of aromatic nitrogens is 1. The van der Waals surface area contributed by atoms with Crippen molar-refractivity contribution in [2.45, 2.75) is 9.79 Å². The second-order valence-electron chi connectivity index (χ2n) is 8.59. The maximum atomic E-state index is 5.31. The first-order valence-electron chi connectivity index (χ1n) is 11.7. The van der Waals surface area contributed by atoms with Crippen LogP contribution >= 0.6 is 39.0 Å². The third-order valence-corrected chi connectivity index (χ3v) is 8.98. The van der Waals surface area contributed by atoms with Gasteiger partial charge in [0.2, 0.25) is 0 Å². The molecule has 0 bridgehead atoms. The summed E-state index contributed by atoms with van der Waals surface area (Å²) >= 11 is 7.16. The summed E-state index contributed by atoms with van der Waals surface area (Å²) in [5, 5.41) is 3.29. The van der Waals surface area contributed by atoms with Crippen LogP contribution in [0.2, 0.25) is 0 Å². The molecule has 6 aromatic rings. The average molecular weight is 564 g/mol. The van der Waals surface area contributed by atoms with Crippen molar-refractivity contribution >= 4 is 67.0 Å². The van der Waals surface area contributed by atoms with E-state index in [4.69, 9.17) is 4.98 Å².